The Bertz CT molecular complexity index is 746. The third-order valence-electron chi connectivity index (χ3n) is 3.21. The van der Waals surface area contributed by atoms with Crippen molar-refractivity contribution in [3.05, 3.63) is 65.7 Å². The molecule has 0 aliphatic rings. The predicted molar refractivity (Wildman–Crippen MR) is 98.9 cm³/mol. The topological polar surface area (TPSA) is 72.5 Å². The van der Waals surface area contributed by atoms with Crippen molar-refractivity contribution in [2.45, 2.75) is 6.92 Å². The van der Waals surface area contributed by atoms with Crippen molar-refractivity contribution >= 4 is 35.1 Å². The van der Waals surface area contributed by atoms with Crippen LogP contribution in [0.15, 0.2) is 54.6 Å². The van der Waals surface area contributed by atoms with Crippen LogP contribution in [0.2, 0.25) is 0 Å². The second-order valence-corrected chi connectivity index (χ2v) is 6.35. The van der Waals surface area contributed by atoms with Crippen molar-refractivity contribution in [2.24, 2.45) is 0 Å². The van der Waals surface area contributed by atoms with Gasteiger partial charge in [0.2, 0.25) is 5.91 Å². The van der Waals surface area contributed by atoms with Gasteiger partial charge in [-0.25, -0.2) is 0 Å². The highest BCUT2D eigenvalue weighted by Crippen LogP contribution is 2.10. The number of aryl methyl sites for hydroxylation is 1. The number of thioether (sulfide) groups is 1. The zero-order chi connectivity index (χ0) is 18.1. The van der Waals surface area contributed by atoms with Crippen LogP contribution in [-0.4, -0.2) is 35.8 Å². The number of amides is 1. The van der Waals surface area contributed by atoms with Gasteiger partial charge >= 0.3 is 5.97 Å². The van der Waals surface area contributed by atoms with E-state index in [0.717, 1.165) is 23.0 Å². The Morgan fingerprint density at radius 3 is 2.48 bits per heavy atom. The first kappa shape index (κ1) is 18.7. The normalized spacial score (nSPS) is 10.1. The van der Waals surface area contributed by atoms with Crippen molar-refractivity contribution < 1.29 is 19.1 Å². The van der Waals surface area contributed by atoms with Gasteiger partial charge in [-0.3, -0.25) is 14.4 Å². The van der Waals surface area contributed by atoms with Crippen LogP contribution in [0, 0.1) is 6.92 Å². The van der Waals surface area contributed by atoms with Crippen molar-refractivity contribution in [3.8, 4) is 0 Å². The van der Waals surface area contributed by atoms with Crippen LogP contribution in [0.25, 0.3) is 0 Å². The Labute approximate surface area is 150 Å². The second-order valence-electron chi connectivity index (χ2n) is 5.36. The molecule has 0 radical (unpaired) electrons. The standard InChI is InChI=1S/C19H19NO4S/c1-14-6-5-9-16(10-14)20-18(22)12-25-13-19(23)24-11-17(21)15-7-3-2-4-8-15/h2-10H,11-13H2,1H3,(H,20,22). The minimum atomic E-state index is -0.516. The summed E-state index contributed by atoms with van der Waals surface area (Å²) in [5, 5.41) is 2.76. The van der Waals surface area contributed by atoms with Crippen molar-refractivity contribution in [3.63, 3.8) is 0 Å². The second kappa shape index (κ2) is 9.64. The first-order valence-corrected chi connectivity index (χ1v) is 8.88. The molecule has 0 spiro atoms. The van der Waals surface area contributed by atoms with Gasteiger partial charge in [-0.05, 0) is 24.6 Å². The number of anilines is 1. The average molecular weight is 357 g/mol. The summed E-state index contributed by atoms with van der Waals surface area (Å²) in [4.78, 5) is 35.3. The predicted octanol–water partition coefficient (Wildman–Crippen LogP) is 3.09. The fourth-order valence-corrected chi connectivity index (χ4v) is 2.65. The summed E-state index contributed by atoms with van der Waals surface area (Å²) in [6.07, 6.45) is 0. The molecule has 0 bridgehead atoms. The Kier molecular flexibility index (Phi) is 7.22. The van der Waals surface area contributed by atoms with E-state index in [1.165, 1.54) is 0 Å². The number of nitrogens with one attached hydrogen (secondary N) is 1. The van der Waals surface area contributed by atoms with Crippen molar-refractivity contribution in [1.29, 1.82) is 0 Å². The molecule has 130 valence electrons. The quantitative estimate of drug-likeness (QED) is 0.581. The molecule has 0 saturated carbocycles. The van der Waals surface area contributed by atoms with Crippen LogP contribution in [-0.2, 0) is 14.3 Å². The van der Waals surface area contributed by atoms with Gasteiger partial charge in [0, 0.05) is 11.3 Å². The Morgan fingerprint density at radius 1 is 1.00 bits per heavy atom. The summed E-state index contributed by atoms with van der Waals surface area (Å²) in [5.41, 5.74) is 2.28. The maximum absolute atomic E-state index is 11.8. The van der Waals surface area contributed by atoms with E-state index in [4.69, 9.17) is 4.74 Å². The van der Waals surface area contributed by atoms with E-state index in [1.807, 2.05) is 25.1 Å². The number of esters is 1. The molecular weight excluding hydrogens is 338 g/mol. The first-order chi connectivity index (χ1) is 12.0. The lowest BCUT2D eigenvalue weighted by molar-refractivity contribution is -0.139. The first-order valence-electron chi connectivity index (χ1n) is 7.73. The van der Waals surface area contributed by atoms with Gasteiger partial charge in [0.15, 0.2) is 12.4 Å². The number of hydrogen-bond donors (Lipinski definition) is 1. The number of hydrogen-bond acceptors (Lipinski definition) is 5. The monoisotopic (exact) mass is 357 g/mol. The molecule has 1 amide bonds. The molecular formula is C19H19NO4S. The van der Waals surface area contributed by atoms with Gasteiger partial charge in [-0.2, -0.15) is 0 Å². The molecule has 25 heavy (non-hydrogen) atoms. The molecule has 0 unspecified atom stereocenters. The zero-order valence-electron chi connectivity index (χ0n) is 13.9. The Hall–Kier alpha value is -2.60. The van der Waals surface area contributed by atoms with Crippen molar-refractivity contribution in [2.75, 3.05) is 23.4 Å². The maximum atomic E-state index is 11.8. The molecule has 0 heterocycles. The summed E-state index contributed by atoms with van der Waals surface area (Å²) in [6.45, 7) is 1.65. The van der Waals surface area contributed by atoms with Crippen LogP contribution in [0.4, 0.5) is 5.69 Å². The molecule has 0 aliphatic heterocycles. The van der Waals surface area contributed by atoms with E-state index in [-0.39, 0.29) is 29.8 Å². The third-order valence-corrected chi connectivity index (χ3v) is 4.12. The smallest absolute Gasteiger partial charge is 0.316 e. The van der Waals surface area contributed by atoms with E-state index >= 15 is 0 Å². The van der Waals surface area contributed by atoms with Crippen molar-refractivity contribution in [1.82, 2.24) is 0 Å². The van der Waals surface area contributed by atoms with Gasteiger partial charge in [0.25, 0.3) is 0 Å². The summed E-state index contributed by atoms with van der Waals surface area (Å²) in [6, 6.07) is 16.1. The summed E-state index contributed by atoms with van der Waals surface area (Å²) in [5.74, 6) is -0.809. The zero-order valence-corrected chi connectivity index (χ0v) is 14.7. The molecule has 2 aromatic carbocycles. The molecule has 0 fully saturated rings. The highest BCUT2D eigenvalue weighted by Gasteiger charge is 2.11. The average Bonchev–Trinajstić information content (AvgIpc) is 2.60. The van der Waals surface area contributed by atoms with Gasteiger partial charge in [0.05, 0.1) is 11.5 Å². The minimum Gasteiger partial charge on any atom is -0.457 e. The minimum absolute atomic E-state index is 0.0172. The van der Waals surface area contributed by atoms with Crippen LogP contribution >= 0.6 is 11.8 Å². The lowest BCUT2D eigenvalue weighted by Gasteiger charge is -2.06. The van der Waals surface area contributed by atoms with Crippen LogP contribution in [0.5, 0.6) is 0 Å². The molecule has 0 atom stereocenters. The largest absolute Gasteiger partial charge is 0.457 e. The molecule has 0 saturated heterocycles. The lowest BCUT2D eigenvalue weighted by atomic mass is 10.1. The fraction of sp³-hybridized carbons (Fsp3) is 0.211. The number of rotatable bonds is 8. The number of carbonyl (C=O) groups excluding carboxylic acids is 3. The van der Waals surface area contributed by atoms with Crippen LogP contribution < -0.4 is 5.32 Å². The Morgan fingerprint density at radius 2 is 1.76 bits per heavy atom. The molecule has 2 rings (SSSR count). The van der Waals surface area contributed by atoms with Crippen LogP contribution in [0.1, 0.15) is 15.9 Å². The summed E-state index contributed by atoms with van der Waals surface area (Å²) >= 11 is 1.14. The fourth-order valence-electron chi connectivity index (χ4n) is 2.04. The van der Waals surface area contributed by atoms with Gasteiger partial charge in [-0.1, -0.05) is 42.5 Å². The van der Waals surface area contributed by atoms with Gasteiger partial charge < -0.3 is 10.1 Å². The molecule has 1 N–H and O–H groups in total. The molecule has 6 heteroatoms. The maximum Gasteiger partial charge on any atom is 0.316 e. The van der Waals surface area contributed by atoms with E-state index in [0.29, 0.717) is 5.56 Å². The third kappa shape index (κ3) is 6.81. The van der Waals surface area contributed by atoms with Crippen LogP contribution in [0.3, 0.4) is 0 Å². The lowest BCUT2D eigenvalue weighted by Crippen LogP contribution is -2.18. The summed E-state index contributed by atoms with van der Waals surface area (Å²) in [7, 11) is 0. The highest BCUT2D eigenvalue weighted by atomic mass is 32.2. The van der Waals surface area contributed by atoms with E-state index in [1.54, 1.807) is 36.4 Å². The van der Waals surface area contributed by atoms with Gasteiger partial charge in [0.1, 0.15) is 0 Å². The summed E-state index contributed by atoms with van der Waals surface area (Å²) < 4.78 is 4.93. The molecule has 2 aromatic rings. The molecule has 0 aliphatic carbocycles. The molecule has 5 nitrogen and oxygen atoms in total. The number of Topliss-reactive ketones (excluding diaryl/α,β-unsaturated/α-hetero) is 1. The van der Waals surface area contributed by atoms with E-state index < -0.39 is 5.97 Å². The number of ketones is 1. The van der Waals surface area contributed by atoms with E-state index in [2.05, 4.69) is 5.32 Å². The number of benzene rings is 2. The number of ether oxygens (including phenoxy) is 1. The Balaban J connectivity index is 1.65. The highest BCUT2D eigenvalue weighted by molar-refractivity contribution is 8.00. The van der Waals surface area contributed by atoms with Gasteiger partial charge in [-0.15, -0.1) is 11.8 Å². The SMILES string of the molecule is Cc1cccc(NC(=O)CSCC(=O)OCC(=O)c2ccccc2)c1. The molecule has 0 aromatic heterocycles. The number of carbonyl (C=O) groups is 3. The van der Waals surface area contributed by atoms with E-state index in [9.17, 15) is 14.4 Å².